The number of ketones is 1. The highest BCUT2D eigenvalue weighted by Crippen LogP contribution is 2.23. The molecular formula is C21H18N2O3. The summed E-state index contributed by atoms with van der Waals surface area (Å²) in [6.07, 6.45) is 3.58. The molecule has 1 amide bonds. The van der Waals surface area contributed by atoms with Gasteiger partial charge in [-0.05, 0) is 43.5 Å². The lowest BCUT2D eigenvalue weighted by Crippen LogP contribution is -2.25. The van der Waals surface area contributed by atoms with E-state index < -0.39 is 5.91 Å². The molecule has 0 radical (unpaired) electrons. The first kappa shape index (κ1) is 16.3. The fourth-order valence-electron chi connectivity index (χ4n) is 3.53. The molecule has 0 atom stereocenters. The van der Waals surface area contributed by atoms with Gasteiger partial charge >= 0.3 is 0 Å². The number of Topliss-reactive ketones (excluding diaryl/α,β-unsaturated/α-hetero) is 1. The third-order valence-corrected chi connectivity index (χ3v) is 4.80. The number of aryl methyl sites for hydroxylation is 2. The number of hydrogen-bond donors (Lipinski definition) is 1. The van der Waals surface area contributed by atoms with E-state index in [0.717, 1.165) is 30.5 Å². The third kappa shape index (κ3) is 2.71. The van der Waals surface area contributed by atoms with Crippen LogP contribution in [0.5, 0.6) is 0 Å². The maximum Gasteiger partial charge on any atom is 0.261 e. The summed E-state index contributed by atoms with van der Waals surface area (Å²) in [6, 6.07) is 12.4. The Morgan fingerprint density at radius 1 is 1.12 bits per heavy atom. The van der Waals surface area contributed by atoms with Gasteiger partial charge in [-0.15, -0.1) is 0 Å². The Hall–Kier alpha value is -3.21. The van der Waals surface area contributed by atoms with Crippen LogP contribution in [0.1, 0.15) is 39.6 Å². The lowest BCUT2D eigenvalue weighted by Gasteiger charge is -2.20. The van der Waals surface area contributed by atoms with Crippen molar-refractivity contribution in [1.82, 2.24) is 4.57 Å². The molecule has 0 spiro atoms. The number of rotatable bonds is 3. The van der Waals surface area contributed by atoms with Crippen LogP contribution in [0.25, 0.3) is 10.9 Å². The van der Waals surface area contributed by atoms with Crippen LogP contribution in [-0.2, 0) is 13.0 Å². The van der Waals surface area contributed by atoms with Gasteiger partial charge in [-0.25, -0.2) is 0 Å². The molecule has 5 nitrogen and oxygen atoms in total. The van der Waals surface area contributed by atoms with Crippen molar-refractivity contribution in [3.8, 4) is 0 Å². The lowest BCUT2D eigenvalue weighted by molar-refractivity contribution is 0.101. The molecule has 0 unspecified atom stereocenters. The second-order valence-corrected chi connectivity index (χ2v) is 6.57. The molecule has 130 valence electrons. The van der Waals surface area contributed by atoms with E-state index in [1.807, 2.05) is 16.7 Å². The van der Waals surface area contributed by atoms with Crippen LogP contribution in [0, 0.1) is 0 Å². The van der Waals surface area contributed by atoms with Gasteiger partial charge in [-0.3, -0.25) is 14.4 Å². The second kappa shape index (κ2) is 6.26. The summed E-state index contributed by atoms with van der Waals surface area (Å²) >= 11 is 0. The van der Waals surface area contributed by atoms with Gasteiger partial charge in [0.2, 0.25) is 5.43 Å². The maximum absolute atomic E-state index is 12.9. The van der Waals surface area contributed by atoms with Crippen LogP contribution in [0.2, 0.25) is 0 Å². The normalized spacial score (nSPS) is 12.8. The Labute approximate surface area is 150 Å². The highest BCUT2D eigenvalue weighted by molar-refractivity contribution is 6.06. The number of aromatic nitrogens is 1. The SMILES string of the molecule is CC(=O)c1cccc(NC(=O)c2cn3c4c(cccc4c2=O)CCC3)c1. The summed E-state index contributed by atoms with van der Waals surface area (Å²) in [4.78, 5) is 37.1. The van der Waals surface area contributed by atoms with E-state index >= 15 is 0 Å². The number of carbonyl (C=O) groups is 2. The van der Waals surface area contributed by atoms with Gasteiger partial charge < -0.3 is 9.88 Å². The minimum atomic E-state index is -0.461. The first-order valence-corrected chi connectivity index (χ1v) is 8.62. The van der Waals surface area contributed by atoms with E-state index in [-0.39, 0.29) is 16.8 Å². The number of para-hydroxylation sites is 1. The topological polar surface area (TPSA) is 68.2 Å². The van der Waals surface area contributed by atoms with E-state index in [4.69, 9.17) is 0 Å². The van der Waals surface area contributed by atoms with Crippen LogP contribution >= 0.6 is 0 Å². The molecule has 5 heteroatoms. The number of carbonyl (C=O) groups excluding carboxylic acids is 2. The molecule has 2 aromatic carbocycles. The van der Waals surface area contributed by atoms with E-state index in [2.05, 4.69) is 5.32 Å². The molecule has 26 heavy (non-hydrogen) atoms. The predicted octanol–water partition coefficient (Wildman–Crippen LogP) is 3.40. The first-order chi connectivity index (χ1) is 12.5. The molecule has 2 heterocycles. The van der Waals surface area contributed by atoms with Crippen LogP contribution < -0.4 is 10.7 Å². The Morgan fingerprint density at radius 2 is 1.92 bits per heavy atom. The zero-order valence-corrected chi connectivity index (χ0v) is 14.4. The lowest BCUT2D eigenvalue weighted by atomic mass is 9.99. The number of nitrogens with one attached hydrogen (secondary N) is 1. The Morgan fingerprint density at radius 3 is 2.73 bits per heavy atom. The molecule has 3 aromatic rings. The highest BCUT2D eigenvalue weighted by Gasteiger charge is 2.19. The van der Waals surface area contributed by atoms with Crippen LogP contribution in [0.15, 0.2) is 53.5 Å². The first-order valence-electron chi connectivity index (χ1n) is 8.62. The number of anilines is 1. The van der Waals surface area contributed by atoms with Crippen molar-refractivity contribution in [3.63, 3.8) is 0 Å². The fraction of sp³-hybridized carbons (Fsp3) is 0.190. The number of nitrogens with zero attached hydrogens (tertiary/aromatic N) is 1. The maximum atomic E-state index is 12.9. The average Bonchev–Trinajstić information content (AvgIpc) is 2.64. The number of hydrogen-bond acceptors (Lipinski definition) is 3. The minimum Gasteiger partial charge on any atom is -0.346 e. The van der Waals surface area contributed by atoms with Gasteiger partial charge in [-0.2, -0.15) is 0 Å². The monoisotopic (exact) mass is 346 g/mol. The van der Waals surface area contributed by atoms with E-state index in [9.17, 15) is 14.4 Å². The van der Waals surface area contributed by atoms with Crippen molar-refractivity contribution in [2.75, 3.05) is 5.32 Å². The summed E-state index contributed by atoms with van der Waals surface area (Å²) in [5.41, 5.74) is 2.93. The van der Waals surface area contributed by atoms with E-state index in [0.29, 0.717) is 16.6 Å². The van der Waals surface area contributed by atoms with Crippen LogP contribution in [0.3, 0.4) is 0 Å². The molecule has 4 rings (SSSR count). The smallest absolute Gasteiger partial charge is 0.261 e. The molecular weight excluding hydrogens is 328 g/mol. The molecule has 0 bridgehead atoms. The summed E-state index contributed by atoms with van der Waals surface area (Å²) in [5.74, 6) is -0.541. The number of amides is 1. The molecule has 1 aliphatic rings. The quantitative estimate of drug-likeness (QED) is 0.739. The molecule has 1 aromatic heterocycles. The summed E-state index contributed by atoms with van der Waals surface area (Å²) < 4.78 is 2.00. The van der Waals surface area contributed by atoms with Crippen LogP contribution in [-0.4, -0.2) is 16.3 Å². The number of benzene rings is 2. The summed E-state index contributed by atoms with van der Waals surface area (Å²) in [7, 11) is 0. The van der Waals surface area contributed by atoms with Gasteiger partial charge in [0.1, 0.15) is 5.56 Å². The zero-order chi connectivity index (χ0) is 18.3. The van der Waals surface area contributed by atoms with Crippen LogP contribution in [0.4, 0.5) is 5.69 Å². The molecule has 1 aliphatic heterocycles. The molecule has 0 saturated carbocycles. The minimum absolute atomic E-state index is 0.0798. The van der Waals surface area contributed by atoms with Gasteiger partial charge in [-0.1, -0.05) is 24.3 Å². The predicted molar refractivity (Wildman–Crippen MR) is 101 cm³/mol. The standard InChI is InChI=1S/C21H18N2O3/c1-13(24)15-6-2-8-16(11-15)22-21(26)18-12-23-10-4-7-14-5-3-9-17(19(14)23)20(18)25/h2-3,5-6,8-9,11-12H,4,7,10H2,1H3,(H,22,26). The average molecular weight is 346 g/mol. The van der Waals surface area contributed by atoms with Crippen molar-refractivity contribution in [2.45, 2.75) is 26.3 Å². The van der Waals surface area contributed by atoms with Crippen molar-refractivity contribution in [3.05, 3.63) is 75.6 Å². The highest BCUT2D eigenvalue weighted by atomic mass is 16.2. The molecule has 0 fully saturated rings. The third-order valence-electron chi connectivity index (χ3n) is 4.80. The Bertz CT molecular complexity index is 1110. The zero-order valence-electron chi connectivity index (χ0n) is 14.4. The summed E-state index contributed by atoms with van der Waals surface area (Å²) in [6.45, 7) is 2.26. The fourth-order valence-corrected chi connectivity index (χ4v) is 3.53. The Balaban J connectivity index is 1.76. The Kier molecular flexibility index (Phi) is 3.92. The molecule has 0 saturated heterocycles. The van der Waals surface area contributed by atoms with Gasteiger partial charge in [0.25, 0.3) is 5.91 Å². The van der Waals surface area contributed by atoms with E-state index in [1.54, 1.807) is 36.5 Å². The van der Waals surface area contributed by atoms with Crippen molar-refractivity contribution < 1.29 is 9.59 Å². The van der Waals surface area contributed by atoms with Crippen molar-refractivity contribution in [1.29, 1.82) is 0 Å². The van der Waals surface area contributed by atoms with Crippen molar-refractivity contribution in [2.24, 2.45) is 0 Å². The van der Waals surface area contributed by atoms with Gasteiger partial charge in [0, 0.05) is 29.4 Å². The summed E-state index contributed by atoms with van der Waals surface area (Å²) in [5, 5.41) is 3.31. The van der Waals surface area contributed by atoms with Gasteiger partial charge in [0.05, 0.1) is 5.52 Å². The molecule has 0 aliphatic carbocycles. The number of pyridine rings is 1. The van der Waals surface area contributed by atoms with Gasteiger partial charge in [0.15, 0.2) is 5.78 Å². The largest absolute Gasteiger partial charge is 0.346 e. The second-order valence-electron chi connectivity index (χ2n) is 6.57. The van der Waals surface area contributed by atoms with E-state index in [1.165, 1.54) is 6.92 Å². The molecule has 1 N–H and O–H groups in total. The van der Waals surface area contributed by atoms with Crippen molar-refractivity contribution >= 4 is 28.3 Å².